The minimum absolute atomic E-state index is 0.114. The van der Waals surface area contributed by atoms with Crippen molar-refractivity contribution in [2.24, 2.45) is 11.8 Å². The maximum atomic E-state index is 12.1. The summed E-state index contributed by atoms with van der Waals surface area (Å²) in [6.45, 7) is 6.97. The molecule has 3 heteroatoms. The van der Waals surface area contributed by atoms with Crippen LogP contribution in [0.4, 0.5) is 0 Å². The zero-order valence-electron chi connectivity index (χ0n) is 11.8. The third-order valence-corrected chi connectivity index (χ3v) is 4.24. The second-order valence-electron chi connectivity index (χ2n) is 6.02. The number of aryl methyl sites for hydroxylation is 2. The Kier molecular flexibility index (Phi) is 3.00. The molecule has 0 radical (unpaired) electrons. The average molecular weight is 259 g/mol. The van der Waals surface area contributed by atoms with E-state index in [1.807, 2.05) is 0 Å². The van der Waals surface area contributed by atoms with Crippen LogP contribution < -0.4 is 10.1 Å². The maximum Gasteiger partial charge on any atom is 0.223 e. The van der Waals surface area contributed by atoms with Crippen molar-refractivity contribution in [2.45, 2.75) is 39.7 Å². The van der Waals surface area contributed by atoms with Crippen molar-refractivity contribution < 1.29 is 9.53 Å². The van der Waals surface area contributed by atoms with Gasteiger partial charge in [0, 0.05) is 17.9 Å². The molecular formula is C16H21NO2. The van der Waals surface area contributed by atoms with E-state index < -0.39 is 0 Å². The normalized spacial score (nSPS) is 28.3. The number of rotatable bonds is 2. The van der Waals surface area contributed by atoms with Gasteiger partial charge < -0.3 is 10.1 Å². The predicted molar refractivity (Wildman–Crippen MR) is 74.2 cm³/mol. The van der Waals surface area contributed by atoms with Crippen LogP contribution in [0.1, 0.15) is 42.5 Å². The van der Waals surface area contributed by atoms with Crippen molar-refractivity contribution in [1.29, 1.82) is 0 Å². The molecule has 0 saturated heterocycles. The minimum atomic E-state index is 0.114. The summed E-state index contributed by atoms with van der Waals surface area (Å²) in [5.74, 6) is 1.96. The Hall–Kier alpha value is -1.51. The quantitative estimate of drug-likeness (QED) is 0.887. The lowest BCUT2D eigenvalue weighted by atomic mass is 9.95. The van der Waals surface area contributed by atoms with Gasteiger partial charge in [0.15, 0.2) is 0 Å². The van der Waals surface area contributed by atoms with E-state index in [1.54, 1.807) is 0 Å². The zero-order valence-corrected chi connectivity index (χ0v) is 11.8. The average Bonchev–Trinajstić information content (AvgIpc) is 3.07. The highest BCUT2D eigenvalue weighted by molar-refractivity contribution is 5.82. The number of nitrogens with one attached hydrogen (secondary N) is 1. The van der Waals surface area contributed by atoms with Crippen LogP contribution in [0.2, 0.25) is 0 Å². The van der Waals surface area contributed by atoms with Crippen LogP contribution in [0.5, 0.6) is 5.75 Å². The molecule has 1 aromatic rings. The van der Waals surface area contributed by atoms with Crippen molar-refractivity contribution in [2.75, 3.05) is 6.61 Å². The van der Waals surface area contributed by atoms with E-state index in [1.165, 1.54) is 5.56 Å². The monoisotopic (exact) mass is 259 g/mol. The Bertz CT molecular complexity index is 524. The van der Waals surface area contributed by atoms with E-state index in [0.717, 1.165) is 29.7 Å². The van der Waals surface area contributed by atoms with Crippen molar-refractivity contribution in [1.82, 2.24) is 5.32 Å². The van der Waals surface area contributed by atoms with Crippen LogP contribution in [-0.2, 0) is 4.79 Å². The first-order valence-electron chi connectivity index (χ1n) is 7.10. The highest BCUT2D eigenvalue weighted by atomic mass is 16.5. The minimum Gasteiger partial charge on any atom is -0.493 e. The van der Waals surface area contributed by atoms with Crippen LogP contribution in [0.15, 0.2) is 12.1 Å². The van der Waals surface area contributed by atoms with Gasteiger partial charge in [-0.25, -0.2) is 0 Å². The number of amides is 1. The summed E-state index contributed by atoms with van der Waals surface area (Å²) in [6, 6.07) is 4.39. The lowest BCUT2D eigenvalue weighted by molar-refractivity contribution is -0.123. The van der Waals surface area contributed by atoms with E-state index in [-0.39, 0.29) is 17.9 Å². The fourth-order valence-corrected chi connectivity index (χ4v) is 2.99. The van der Waals surface area contributed by atoms with Gasteiger partial charge in [-0.15, -0.1) is 0 Å². The van der Waals surface area contributed by atoms with Crippen LogP contribution in [-0.4, -0.2) is 12.5 Å². The summed E-state index contributed by atoms with van der Waals surface area (Å²) < 4.78 is 5.77. The molecule has 1 saturated carbocycles. The third-order valence-electron chi connectivity index (χ3n) is 4.24. The van der Waals surface area contributed by atoms with Gasteiger partial charge in [-0.1, -0.05) is 24.6 Å². The molecule has 1 aliphatic heterocycles. The van der Waals surface area contributed by atoms with Crippen LogP contribution >= 0.6 is 0 Å². The summed E-state index contributed by atoms with van der Waals surface area (Å²) in [7, 11) is 0. The molecule has 0 aromatic heterocycles. The highest BCUT2D eigenvalue weighted by Crippen LogP contribution is 2.40. The van der Waals surface area contributed by atoms with Crippen molar-refractivity contribution in [3.05, 3.63) is 28.8 Å². The molecule has 3 rings (SSSR count). The molecule has 1 aromatic carbocycles. The third kappa shape index (κ3) is 2.34. The summed E-state index contributed by atoms with van der Waals surface area (Å²) in [5.41, 5.74) is 3.53. The summed E-state index contributed by atoms with van der Waals surface area (Å²) in [4.78, 5) is 12.1. The number of ether oxygens (including phenoxy) is 1. The second kappa shape index (κ2) is 4.55. The van der Waals surface area contributed by atoms with Crippen LogP contribution in [0.3, 0.4) is 0 Å². The van der Waals surface area contributed by atoms with Crippen molar-refractivity contribution in [3.63, 3.8) is 0 Å². The summed E-state index contributed by atoms with van der Waals surface area (Å²) in [5, 5.41) is 3.20. The molecule has 1 heterocycles. The van der Waals surface area contributed by atoms with Gasteiger partial charge in [-0.2, -0.15) is 0 Å². The van der Waals surface area contributed by atoms with Gasteiger partial charge in [-0.05, 0) is 31.7 Å². The molecule has 1 fully saturated rings. The topological polar surface area (TPSA) is 38.3 Å². The molecule has 2 aliphatic rings. The van der Waals surface area contributed by atoms with Crippen molar-refractivity contribution >= 4 is 5.91 Å². The predicted octanol–water partition coefficient (Wildman–Crippen LogP) is 2.90. The first-order chi connectivity index (χ1) is 9.06. The molecule has 0 bridgehead atoms. The van der Waals surface area contributed by atoms with E-state index in [0.29, 0.717) is 12.5 Å². The van der Waals surface area contributed by atoms with Crippen LogP contribution in [0, 0.1) is 25.7 Å². The Morgan fingerprint density at radius 3 is 2.79 bits per heavy atom. The fourth-order valence-electron chi connectivity index (χ4n) is 2.99. The van der Waals surface area contributed by atoms with Gasteiger partial charge in [0.25, 0.3) is 0 Å². The smallest absolute Gasteiger partial charge is 0.223 e. The molecule has 3 atom stereocenters. The van der Waals surface area contributed by atoms with Gasteiger partial charge >= 0.3 is 0 Å². The zero-order chi connectivity index (χ0) is 13.6. The number of fused-ring (bicyclic) bond motifs is 1. The first-order valence-corrected chi connectivity index (χ1v) is 7.10. The van der Waals surface area contributed by atoms with E-state index in [4.69, 9.17) is 4.74 Å². The molecule has 1 amide bonds. The Labute approximate surface area is 114 Å². The van der Waals surface area contributed by atoms with Gasteiger partial charge in [0.2, 0.25) is 5.91 Å². The molecule has 1 aliphatic carbocycles. The second-order valence-corrected chi connectivity index (χ2v) is 6.02. The lowest BCUT2D eigenvalue weighted by Crippen LogP contribution is -2.33. The Morgan fingerprint density at radius 2 is 2.11 bits per heavy atom. The van der Waals surface area contributed by atoms with Crippen LogP contribution in [0.25, 0.3) is 0 Å². The lowest BCUT2D eigenvalue weighted by Gasteiger charge is -2.28. The fraction of sp³-hybridized carbons (Fsp3) is 0.562. The summed E-state index contributed by atoms with van der Waals surface area (Å²) in [6.07, 6.45) is 1.90. The molecule has 19 heavy (non-hydrogen) atoms. The molecule has 102 valence electrons. The first kappa shape index (κ1) is 12.5. The maximum absolute atomic E-state index is 12.1. The number of carbonyl (C=O) groups excluding carboxylic acids is 1. The van der Waals surface area contributed by atoms with Crippen molar-refractivity contribution in [3.8, 4) is 5.75 Å². The standard InChI is InChI=1S/C16H21NO2/c1-9-6-11(3)15-13(7-9)14(4-5-19-15)17-16(18)12-8-10(12)2/h6-7,10,12,14H,4-5,8H2,1-3H3,(H,17,18). The summed E-state index contributed by atoms with van der Waals surface area (Å²) >= 11 is 0. The van der Waals surface area contributed by atoms with Gasteiger partial charge in [0.1, 0.15) is 5.75 Å². The number of carbonyl (C=O) groups is 1. The SMILES string of the molecule is Cc1cc(C)c2c(c1)C(NC(=O)C1CC1C)CCO2. The van der Waals surface area contributed by atoms with E-state index in [2.05, 4.69) is 38.2 Å². The Balaban J connectivity index is 1.83. The molecule has 0 spiro atoms. The van der Waals surface area contributed by atoms with Gasteiger partial charge in [0.05, 0.1) is 12.6 Å². The Morgan fingerprint density at radius 1 is 1.37 bits per heavy atom. The molecule has 3 unspecified atom stereocenters. The number of hydrogen-bond acceptors (Lipinski definition) is 2. The highest BCUT2D eigenvalue weighted by Gasteiger charge is 2.40. The number of benzene rings is 1. The van der Waals surface area contributed by atoms with E-state index >= 15 is 0 Å². The molecule has 1 N–H and O–H groups in total. The number of hydrogen-bond donors (Lipinski definition) is 1. The largest absolute Gasteiger partial charge is 0.493 e. The molecule has 3 nitrogen and oxygen atoms in total. The van der Waals surface area contributed by atoms with Gasteiger partial charge in [-0.3, -0.25) is 4.79 Å². The van der Waals surface area contributed by atoms with E-state index in [9.17, 15) is 4.79 Å². The molecular weight excluding hydrogens is 238 g/mol.